The maximum absolute atomic E-state index is 12.3. The van der Waals surface area contributed by atoms with Gasteiger partial charge in [0.2, 0.25) is 0 Å². The third-order valence-corrected chi connectivity index (χ3v) is 3.96. The Labute approximate surface area is 153 Å². The fraction of sp³-hybridized carbons (Fsp3) is 0. The van der Waals surface area contributed by atoms with Gasteiger partial charge in [-0.1, -0.05) is 41.4 Å². The van der Waals surface area contributed by atoms with Crippen LogP contribution in [0, 0.1) is 0 Å². The molecule has 126 valence electrons. The van der Waals surface area contributed by atoms with Crippen molar-refractivity contribution in [3.05, 3.63) is 80.7 Å². The number of para-hydroxylation sites is 1. The van der Waals surface area contributed by atoms with Crippen LogP contribution in [0.3, 0.4) is 0 Å². The Morgan fingerprint density at radius 3 is 2.64 bits per heavy atom. The molecular weight excluding hydrogens is 363 g/mol. The average molecular weight is 375 g/mol. The van der Waals surface area contributed by atoms with E-state index in [-0.39, 0.29) is 21.5 Å². The van der Waals surface area contributed by atoms with E-state index in [0.29, 0.717) is 11.3 Å². The van der Waals surface area contributed by atoms with Crippen LogP contribution in [0.25, 0.3) is 5.69 Å². The van der Waals surface area contributed by atoms with Crippen LogP contribution >= 0.6 is 23.2 Å². The highest BCUT2D eigenvalue weighted by Gasteiger charge is 2.09. The lowest BCUT2D eigenvalue weighted by Gasteiger charge is -2.07. The second-order valence-electron chi connectivity index (χ2n) is 5.01. The molecule has 0 saturated heterocycles. The summed E-state index contributed by atoms with van der Waals surface area (Å²) >= 11 is 11.9. The molecule has 0 radical (unpaired) electrons. The van der Waals surface area contributed by atoms with Gasteiger partial charge in [0.05, 0.1) is 23.1 Å². The smallest absolute Gasteiger partial charge is 0.292 e. The van der Waals surface area contributed by atoms with Gasteiger partial charge in [-0.15, -0.1) is 0 Å². The topological polar surface area (TPSA) is 79.5 Å². The number of rotatable bonds is 4. The fourth-order valence-corrected chi connectivity index (χ4v) is 2.40. The minimum atomic E-state index is -0.458. The minimum Gasteiger partial charge on any atom is -0.506 e. The molecule has 1 heterocycles. The molecule has 2 N–H and O–H groups in total. The van der Waals surface area contributed by atoms with Crippen LogP contribution < -0.4 is 11.0 Å². The Kier molecular flexibility index (Phi) is 5.02. The predicted molar refractivity (Wildman–Crippen MR) is 99.2 cm³/mol. The van der Waals surface area contributed by atoms with E-state index in [1.165, 1.54) is 23.2 Å². The molecule has 0 atom stereocenters. The van der Waals surface area contributed by atoms with E-state index in [9.17, 15) is 9.90 Å². The highest BCUT2D eigenvalue weighted by molar-refractivity contribution is 6.33. The van der Waals surface area contributed by atoms with Crippen molar-refractivity contribution >= 4 is 35.1 Å². The Bertz CT molecular complexity index is 988. The largest absolute Gasteiger partial charge is 0.506 e. The number of halogens is 2. The van der Waals surface area contributed by atoms with Gasteiger partial charge >= 0.3 is 0 Å². The van der Waals surface area contributed by atoms with Crippen molar-refractivity contribution in [2.75, 3.05) is 5.43 Å². The first-order valence-corrected chi connectivity index (χ1v) is 7.92. The van der Waals surface area contributed by atoms with Crippen LogP contribution in [-0.4, -0.2) is 21.1 Å². The van der Waals surface area contributed by atoms with Gasteiger partial charge in [0.25, 0.3) is 5.56 Å². The lowest BCUT2D eigenvalue weighted by molar-refractivity contribution is 0.475. The van der Waals surface area contributed by atoms with E-state index >= 15 is 0 Å². The first-order valence-electron chi connectivity index (χ1n) is 7.17. The first-order chi connectivity index (χ1) is 12.1. The summed E-state index contributed by atoms with van der Waals surface area (Å²) in [6.45, 7) is 0. The van der Waals surface area contributed by atoms with E-state index in [4.69, 9.17) is 23.2 Å². The number of phenols is 1. The Morgan fingerprint density at radius 1 is 1.16 bits per heavy atom. The van der Waals surface area contributed by atoms with Crippen molar-refractivity contribution in [3.63, 3.8) is 0 Å². The highest BCUT2D eigenvalue weighted by Crippen LogP contribution is 2.23. The number of aromatic hydroxyl groups is 1. The Hall–Kier alpha value is -2.83. The summed E-state index contributed by atoms with van der Waals surface area (Å²) in [5.41, 5.74) is 3.77. The molecule has 0 saturated carbocycles. The van der Waals surface area contributed by atoms with Gasteiger partial charge in [0, 0.05) is 0 Å². The maximum atomic E-state index is 12.3. The lowest BCUT2D eigenvalue weighted by atomic mass is 10.2. The molecule has 0 fully saturated rings. The maximum Gasteiger partial charge on any atom is 0.292 e. The van der Waals surface area contributed by atoms with Crippen molar-refractivity contribution in [2.24, 2.45) is 5.10 Å². The molecule has 25 heavy (non-hydrogen) atoms. The van der Waals surface area contributed by atoms with Crippen LogP contribution in [0.15, 0.2) is 64.6 Å². The van der Waals surface area contributed by atoms with Crippen molar-refractivity contribution < 1.29 is 5.11 Å². The summed E-state index contributed by atoms with van der Waals surface area (Å²) < 4.78 is 1.21. The fourth-order valence-electron chi connectivity index (χ4n) is 2.04. The molecular formula is C17H12Cl2N4O2. The summed E-state index contributed by atoms with van der Waals surface area (Å²) in [5.74, 6) is -0.0106. The molecule has 1 aromatic heterocycles. The molecule has 0 spiro atoms. The zero-order chi connectivity index (χ0) is 17.8. The van der Waals surface area contributed by atoms with Crippen molar-refractivity contribution in [1.82, 2.24) is 9.78 Å². The number of nitrogens with one attached hydrogen (secondary N) is 1. The third-order valence-electron chi connectivity index (χ3n) is 3.29. The number of nitrogens with zero attached hydrogens (tertiary/aromatic N) is 3. The highest BCUT2D eigenvalue weighted by atomic mass is 35.5. The number of hydrogen-bond acceptors (Lipinski definition) is 5. The van der Waals surface area contributed by atoms with Crippen molar-refractivity contribution in [3.8, 4) is 11.4 Å². The van der Waals surface area contributed by atoms with E-state index in [1.807, 2.05) is 6.07 Å². The molecule has 0 unspecified atom stereocenters. The van der Waals surface area contributed by atoms with Crippen LogP contribution in [0.2, 0.25) is 10.0 Å². The number of benzene rings is 2. The molecule has 0 aliphatic carbocycles. The summed E-state index contributed by atoms with van der Waals surface area (Å²) in [6, 6.07) is 13.6. The van der Waals surface area contributed by atoms with Gasteiger partial charge in [-0.25, -0.2) is 0 Å². The number of phenolic OH excluding ortho intramolecular Hbond substituents is 1. The van der Waals surface area contributed by atoms with Crippen LogP contribution in [0.5, 0.6) is 5.75 Å². The van der Waals surface area contributed by atoms with E-state index < -0.39 is 5.56 Å². The molecule has 0 amide bonds. The third kappa shape index (κ3) is 3.81. The zero-order valence-corrected chi connectivity index (χ0v) is 14.2. The normalized spacial score (nSPS) is 11.0. The number of hydrazone groups is 1. The SMILES string of the molecule is O=c1c(Cl)c(N/N=C\c2ccc(O)c(Cl)c2)cnn1-c1ccccc1. The van der Waals surface area contributed by atoms with Crippen LogP contribution in [0.1, 0.15) is 5.56 Å². The zero-order valence-electron chi connectivity index (χ0n) is 12.7. The van der Waals surface area contributed by atoms with Crippen LogP contribution in [-0.2, 0) is 0 Å². The van der Waals surface area contributed by atoms with E-state index in [0.717, 1.165) is 0 Å². The predicted octanol–water partition coefficient (Wildman–Crippen LogP) is 3.69. The quantitative estimate of drug-likeness (QED) is 0.539. The molecule has 3 rings (SSSR count). The first kappa shape index (κ1) is 17.0. The molecule has 8 heteroatoms. The number of hydrogen-bond donors (Lipinski definition) is 2. The number of aromatic nitrogens is 2. The molecule has 6 nitrogen and oxygen atoms in total. The van der Waals surface area contributed by atoms with Crippen LogP contribution in [0.4, 0.5) is 5.69 Å². The van der Waals surface area contributed by atoms with E-state index in [2.05, 4.69) is 15.6 Å². The van der Waals surface area contributed by atoms with Gasteiger partial charge in [-0.3, -0.25) is 10.2 Å². The molecule has 0 bridgehead atoms. The van der Waals surface area contributed by atoms with Gasteiger partial charge in [0.1, 0.15) is 16.5 Å². The minimum absolute atomic E-state index is 0.0106. The van der Waals surface area contributed by atoms with Gasteiger partial charge < -0.3 is 5.11 Å². The molecule has 0 aliphatic heterocycles. The summed E-state index contributed by atoms with van der Waals surface area (Å²) in [6.07, 6.45) is 2.89. The monoisotopic (exact) mass is 374 g/mol. The lowest BCUT2D eigenvalue weighted by Crippen LogP contribution is -2.22. The second-order valence-corrected chi connectivity index (χ2v) is 5.79. The van der Waals surface area contributed by atoms with Crippen molar-refractivity contribution in [2.45, 2.75) is 0 Å². The number of anilines is 1. The Balaban J connectivity index is 1.82. The summed E-state index contributed by atoms with van der Waals surface area (Å²) in [4.78, 5) is 12.3. The molecule has 3 aromatic rings. The molecule has 2 aromatic carbocycles. The summed E-state index contributed by atoms with van der Waals surface area (Å²) in [7, 11) is 0. The second kappa shape index (κ2) is 7.38. The Morgan fingerprint density at radius 2 is 1.92 bits per heavy atom. The van der Waals surface area contributed by atoms with Gasteiger partial charge in [0.15, 0.2) is 0 Å². The van der Waals surface area contributed by atoms with E-state index in [1.54, 1.807) is 36.4 Å². The average Bonchev–Trinajstić information content (AvgIpc) is 2.62. The van der Waals surface area contributed by atoms with Gasteiger partial charge in [-0.2, -0.15) is 14.9 Å². The summed E-state index contributed by atoms with van der Waals surface area (Å²) in [5, 5.41) is 17.7. The van der Waals surface area contributed by atoms with Crippen molar-refractivity contribution in [1.29, 1.82) is 0 Å². The molecule has 0 aliphatic rings. The standard InChI is InChI=1S/C17H12Cl2N4O2/c18-13-8-11(6-7-15(13)24)9-20-22-14-10-21-23(17(25)16(14)19)12-4-2-1-3-5-12/h1-10,22,24H/b20-9-. The van der Waals surface area contributed by atoms with Gasteiger partial charge in [-0.05, 0) is 35.9 Å².